The smallest absolute Gasteiger partial charge is 0.267 e. The molecule has 1 amide bonds. The first-order valence-electron chi connectivity index (χ1n) is 22.0. The predicted octanol–water partition coefficient (Wildman–Crippen LogP) is 13.1. The van der Waals surface area contributed by atoms with Crippen LogP contribution in [-0.4, -0.2) is 41.9 Å². The fraction of sp³-hybridized carbons (Fsp3) is 0.886. The Labute approximate surface area is 317 Å². The number of hydrogen-bond acceptors (Lipinski definition) is 4. The van der Waals surface area contributed by atoms with Crippen molar-refractivity contribution in [3.05, 3.63) is 24.3 Å². The van der Waals surface area contributed by atoms with Crippen molar-refractivity contribution in [2.45, 2.75) is 244 Å². The second-order valence-corrected chi connectivity index (χ2v) is 16.8. The number of unbranched alkanes of at least 4 members (excludes halogenated alkanes) is 30. The van der Waals surface area contributed by atoms with E-state index in [1.54, 1.807) is 0 Å². The van der Waals surface area contributed by atoms with Crippen LogP contribution in [0.4, 0.5) is 0 Å². The first-order chi connectivity index (χ1) is 24.8. The van der Waals surface area contributed by atoms with Gasteiger partial charge in [-0.15, -0.1) is 0 Å². The van der Waals surface area contributed by atoms with E-state index in [0.29, 0.717) is 6.42 Å². The molecule has 0 aliphatic rings. The van der Waals surface area contributed by atoms with Gasteiger partial charge in [-0.3, -0.25) is 9.35 Å². The van der Waals surface area contributed by atoms with Crippen LogP contribution in [0.15, 0.2) is 24.3 Å². The molecule has 3 N–H and O–H groups in total. The van der Waals surface area contributed by atoms with E-state index in [-0.39, 0.29) is 5.91 Å². The third-order valence-electron chi connectivity index (χ3n) is 10.1. The van der Waals surface area contributed by atoms with Gasteiger partial charge in [-0.1, -0.05) is 218 Å². The summed E-state index contributed by atoms with van der Waals surface area (Å²) in [5.74, 6) is -0.990. The minimum atomic E-state index is -4.35. The van der Waals surface area contributed by atoms with Gasteiger partial charge in [0.05, 0.1) is 17.9 Å². The van der Waals surface area contributed by atoms with Gasteiger partial charge in [0.15, 0.2) is 0 Å². The zero-order valence-corrected chi connectivity index (χ0v) is 34.6. The molecule has 0 radical (unpaired) electrons. The van der Waals surface area contributed by atoms with E-state index in [1.165, 1.54) is 179 Å². The Kier molecular flexibility index (Phi) is 37.6. The molecule has 2 atom stereocenters. The van der Waals surface area contributed by atoms with Crippen molar-refractivity contribution in [1.82, 2.24) is 5.32 Å². The zero-order chi connectivity index (χ0) is 37.5. The van der Waals surface area contributed by atoms with Crippen molar-refractivity contribution in [2.24, 2.45) is 0 Å². The van der Waals surface area contributed by atoms with Crippen LogP contribution in [0.5, 0.6) is 0 Å². The normalized spacial score (nSPS) is 13.4. The molecule has 51 heavy (non-hydrogen) atoms. The quantitative estimate of drug-likeness (QED) is 0.0330. The van der Waals surface area contributed by atoms with Gasteiger partial charge in [-0.2, -0.15) is 8.42 Å². The Morgan fingerprint density at radius 2 is 0.843 bits per heavy atom. The lowest BCUT2D eigenvalue weighted by molar-refractivity contribution is -0.122. The van der Waals surface area contributed by atoms with Crippen molar-refractivity contribution in [2.75, 3.05) is 5.75 Å². The summed E-state index contributed by atoms with van der Waals surface area (Å²) in [5.41, 5.74) is 0. The van der Waals surface area contributed by atoms with Crippen LogP contribution in [0.2, 0.25) is 0 Å². The van der Waals surface area contributed by atoms with E-state index in [4.69, 9.17) is 0 Å². The number of aliphatic hydroxyl groups excluding tert-OH is 1. The minimum Gasteiger partial charge on any atom is -0.387 e. The molecule has 0 bridgehead atoms. The van der Waals surface area contributed by atoms with E-state index < -0.39 is 28.0 Å². The Morgan fingerprint density at radius 1 is 0.510 bits per heavy atom. The summed E-state index contributed by atoms with van der Waals surface area (Å²) in [6.45, 7) is 4.53. The number of aliphatic hydroxyl groups is 1. The molecule has 0 spiro atoms. The second-order valence-electron chi connectivity index (χ2n) is 15.3. The molecule has 0 aromatic rings. The largest absolute Gasteiger partial charge is 0.387 e. The maximum atomic E-state index is 12.5. The van der Waals surface area contributed by atoms with Gasteiger partial charge in [0.25, 0.3) is 10.1 Å². The third-order valence-corrected chi connectivity index (χ3v) is 10.9. The summed E-state index contributed by atoms with van der Waals surface area (Å²) in [4.78, 5) is 12.5. The van der Waals surface area contributed by atoms with E-state index in [9.17, 15) is 22.9 Å². The molecule has 0 saturated carbocycles. The molecule has 0 heterocycles. The topological polar surface area (TPSA) is 104 Å². The van der Waals surface area contributed by atoms with Crippen LogP contribution < -0.4 is 5.32 Å². The van der Waals surface area contributed by atoms with E-state index in [2.05, 4.69) is 31.3 Å². The van der Waals surface area contributed by atoms with Gasteiger partial charge in [-0.05, 0) is 32.1 Å². The first-order valence-corrected chi connectivity index (χ1v) is 23.6. The lowest BCUT2D eigenvalue weighted by Gasteiger charge is -2.21. The highest BCUT2D eigenvalue weighted by atomic mass is 32.2. The molecular weight excluding hydrogens is 655 g/mol. The fourth-order valence-electron chi connectivity index (χ4n) is 6.82. The molecule has 302 valence electrons. The molecule has 7 heteroatoms. The van der Waals surface area contributed by atoms with Crippen LogP contribution in [0, 0.1) is 0 Å². The Bertz CT molecular complexity index is 903. The third kappa shape index (κ3) is 39.9. The maximum Gasteiger partial charge on any atom is 0.267 e. The van der Waals surface area contributed by atoms with Crippen LogP contribution in [0.3, 0.4) is 0 Å². The van der Waals surface area contributed by atoms with Crippen molar-refractivity contribution >= 4 is 16.0 Å². The number of hydrogen-bond donors (Lipinski definition) is 3. The lowest BCUT2D eigenvalue weighted by Crippen LogP contribution is -2.46. The number of carbonyl (C=O) groups is 1. The minimum absolute atomic E-state index is 0.284. The predicted molar refractivity (Wildman–Crippen MR) is 221 cm³/mol. The first kappa shape index (κ1) is 49.8. The Balaban J connectivity index is 3.85. The van der Waals surface area contributed by atoms with Gasteiger partial charge in [-0.25, -0.2) is 0 Å². The fourth-order valence-corrected chi connectivity index (χ4v) is 7.55. The number of nitrogens with one attached hydrogen (secondary N) is 1. The summed E-state index contributed by atoms with van der Waals surface area (Å²) in [7, 11) is -4.35. The molecule has 0 aliphatic heterocycles. The van der Waals surface area contributed by atoms with Crippen molar-refractivity contribution in [1.29, 1.82) is 0 Å². The van der Waals surface area contributed by atoms with E-state index in [1.807, 2.05) is 6.08 Å². The molecule has 0 aromatic heterocycles. The van der Waals surface area contributed by atoms with Crippen LogP contribution >= 0.6 is 0 Å². The number of carbonyl (C=O) groups excluding carboxylic acids is 1. The summed E-state index contributed by atoms with van der Waals surface area (Å²) < 4.78 is 32.5. The monoisotopic (exact) mass is 740 g/mol. The molecule has 2 unspecified atom stereocenters. The van der Waals surface area contributed by atoms with E-state index >= 15 is 0 Å². The van der Waals surface area contributed by atoms with Crippen molar-refractivity contribution < 1.29 is 22.9 Å². The highest BCUT2D eigenvalue weighted by Crippen LogP contribution is 2.16. The van der Waals surface area contributed by atoms with Gasteiger partial charge in [0, 0.05) is 6.42 Å². The molecule has 6 nitrogen and oxygen atoms in total. The summed E-state index contributed by atoms with van der Waals surface area (Å²) in [6.07, 6.45) is 48.9. The number of rotatable bonds is 40. The van der Waals surface area contributed by atoms with E-state index in [0.717, 1.165) is 38.5 Å². The average Bonchev–Trinajstić information content (AvgIpc) is 3.09. The lowest BCUT2D eigenvalue weighted by atomic mass is 10.0. The SMILES string of the molecule is CCCCCCCCCCC/C=C/CC/C=C/C(O)C(CS(=O)(=O)O)NC(=O)CCCCCCCCCCCCCCCCCCCCCCC. The Hall–Kier alpha value is -1.18. The number of amides is 1. The summed E-state index contributed by atoms with van der Waals surface area (Å²) in [5, 5.41) is 13.2. The standard InChI is InChI=1S/C44H85NO5S/c1-3-5-7-9-11-13-15-17-19-20-21-22-23-24-26-28-30-32-34-36-38-40-44(47)45-42(41-51(48,49)50)43(46)39-37-35-33-31-29-27-25-18-16-14-12-10-8-6-4-2/h29,31,37,39,42-43,46H,3-28,30,32-36,38,40-41H2,1-2H3,(H,45,47)(H,48,49,50)/b31-29+,39-37+. The number of allylic oxidation sites excluding steroid dienone is 3. The van der Waals surface area contributed by atoms with Gasteiger partial charge in [0.1, 0.15) is 0 Å². The molecular formula is C44H85NO5S. The molecule has 0 fully saturated rings. The average molecular weight is 740 g/mol. The van der Waals surface area contributed by atoms with Crippen LogP contribution in [0.1, 0.15) is 232 Å². The molecule has 0 aromatic carbocycles. The molecule has 0 aliphatic carbocycles. The highest BCUT2D eigenvalue weighted by Gasteiger charge is 2.24. The van der Waals surface area contributed by atoms with Crippen molar-refractivity contribution in [3.63, 3.8) is 0 Å². The molecule has 0 saturated heterocycles. The van der Waals surface area contributed by atoms with Crippen molar-refractivity contribution in [3.8, 4) is 0 Å². The summed E-state index contributed by atoms with van der Waals surface area (Å²) in [6, 6.07) is -1.07. The highest BCUT2D eigenvalue weighted by molar-refractivity contribution is 7.85. The Morgan fingerprint density at radius 3 is 1.24 bits per heavy atom. The van der Waals surface area contributed by atoms with Gasteiger partial charge >= 0.3 is 0 Å². The molecule has 0 rings (SSSR count). The van der Waals surface area contributed by atoms with Crippen LogP contribution in [0.25, 0.3) is 0 Å². The maximum absolute atomic E-state index is 12.5. The van der Waals surface area contributed by atoms with Gasteiger partial charge < -0.3 is 10.4 Å². The zero-order valence-electron chi connectivity index (χ0n) is 33.7. The van der Waals surface area contributed by atoms with Gasteiger partial charge in [0.2, 0.25) is 5.91 Å². The van der Waals surface area contributed by atoms with Crippen LogP contribution in [-0.2, 0) is 14.9 Å². The summed E-state index contributed by atoms with van der Waals surface area (Å²) >= 11 is 0. The second kappa shape index (κ2) is 38.5.